The molecule has 0 aliphatic carbocycles. The van der Waals surface area contributed by atoms with E-state index in [2.05, 4.69) is 18.7 Å². The van der Waals surface area contributed by atoms with Crippen molar-refractivity contribution in [3.8, 4) is 11.5 Å². The largest absolute Gasteiger partial charge is 0.508 e. The number of hydrogen-bond acceptors (Lipinski definition) is 4. The molecule has 1 aliphatic heterocycles. The maximum absolute atomic E-state index is 9.89. The van der Waals surface area contributed by atoms with Gasteiger partial charge in [0, 0.05) is 30.3 Å². The summed E-state index contributed by atoms with van der Waals surface area (Å²) in [5.41, 5.74) is 6.80. The highest BCUT2D eigenvalue weighted by Crippen LogP contribution is 2.34. The maximum atomic E-state index is 9.89. The molecule has 1 heterocycles. The van der Waals surface area contributed by atoms with Gasteiger partial charge in [0.2, 0.25) is 0 Å². The van der Waals surface area contributed by atoms with Crippen LogP contribution in [0.15, 0.2) is 18.2 Å². The smallest absolute Gasteiger partial charge is 0.124 e. The van der Waals surface area contributed by atoms with Gasteiger partial charge in [0.25, 0.3) is 0 Å². The number of likely N-dealkylation sites (tertiary alicyclic amines) is 1. The second-order valence-corrected chi connectivity index (χ2v) is 5.32. The molecule has 1 aromatic carbocycles. The average Bonchev–Trinajstić information content (AvgIpc) is 2.77. The summed E-state index contributed by atoms with van der Waals surface area (Å²) in [6.45, 7) is 6.11. The summed E-state index contributed by atoms with van der Waals surface area (Å²) in [4.78, 5) is 2.33. The average molecular weight is 250 g/mol. The van der Waals surface area contributed by atoms with Gasteiger partial charge in [-0.2, -0.15) is 0 Å². The van der Waals surface area contributed by atoms with Gasteiger partial charge < -0.3 is 15.9 Å². The molecule has 4 N–H and O–H groups in total. The molecule has 3 atom stereocenters. The highest BCUT2D eigenvalue weighted by atomic mass is 16.3. The topological polar surface area (TPSA) is 69.7 Å². The van der Waals surface area contributed by atoms with E-state index in [1.165, 1.54) is 6.07 Å². The molecule has 1 fully saturated rings. The Labute approximate surface area is 108 Å². The van der Waals surface area contributed by atoms with Crippen molar-refractivity contribution in [1.82, 2.24) is 4.90 Å². The van der Waals surface area contributed by atoms with Gasteiger partial charge in [0.1, 0.15) is 11.5 Å². The highest BCUT2D eigenvalue weighted by Gasteiger charge is 2.29. The zero-order chi connectivity index (χ0) is 13.3. The fourth-order valence-corrected chi connectivity index (χ4v) is 2.68. The van der Waals surface area contributed by atoms with E-state index in [-0.39, 0.29) is 23.6 Å². The molecule has 2 rings (SSSR count). The molecule has 0 radical (unpaired) electrons. The van der Waals surface area contributed by atoms with Crippen LogP contribution in [0.2, 0.25) is 0 Å². The van der Waals surface area contributed by atoms with E-state index >= 15 is 0 Å². The summed E-state index contributed by atoms with van der Waals surface area (Å²) in [6.07, 6.45) is 1.11. The first kappa shape index (κ1) is 13.2. The van der Waals surface area contributed by atoms with Gasteiger partial charge in [-0.1, -0.05) is 6.07 Å². The number of rotatable bonds is 3. The Kier molecular flexibility index (Phi) is 3.78. The van der Waals surface area contributed by atoms with Crippen LogP contribution >= 0.6 is 0 Å². The van der Waals surface area contributed by atoms with Crippen LogP contribution in [-0.2, 0) is 0 Å². The van der Waals surface area contributed by atoms with Gasteiger partial charge in [-0.3, -0.25) is 4.90 Å². The first-order valence-electron chi connectivity index (χ1n) is 6.50. The lowest BCUT2D eigenvalue weighted by molar-refractivity contribution is 0.243. The van der Waals surface area contributed by atoms with Crippen molar-refractivity contribution in [3.63, 3.8) is 0 Å². The standard InChI is InChI=1S/C14H22N2O2/c1-9(15)11-5-6-16(8-11)10(2)13-4-3-12(17)7-14(13)18/h3-4,7,9-11,17-18H,5-6,8,15H2,1-2H3. The van der Waals surface area contributed by atoms with Crippen molar-refractivity contribution in [2.75, 3.05) is 13.1 Å². The van der Waals surface area contributed by atoms with Crippen LogP contribution in [0, 0.1) is 5.92 Å². The molecule has 0 spiro atoms. The van der Waals surface area contributed by atoms with E-state index in [0.717, 1.165) is 25.1 Å². The lowest BCUT2D eigenvalue weighted by Crippen LogP contribution is -2.31. The summed E-state index contributed by atoms with van der Waals surface area (Å²) >= 11 is 0. The van der Waals surface area contributed by atoms with Gasteiger partial charge in [-0.25, -0.2) is 0 Å². The molecule has 0 amide bonds. The molecule has 1 saturated heterocycles. The van der Waals surface area contributed by atoms with Crippen molar-refractivity contribution in [2.45, 2.75) is 32.4 Å². The molecular weight excluding hydrogens is 228 g/mol. The Balaban J connectivity index is 2.10. The normalized spacial score (nSPS) is 24.1. The van der Waals surface area contributed by atoms with Gasteiger partial charge in [-0.05, 0) is 38.8 Å². The molecular formula is C14H22N2O2. The quantitative estimate of drug-likeness (QED) is 0.765. The Bertz CT molecular complexity index is 420. The highest BCUT2D eigenvalue weighted by molar-refractivity contribution is 5.40. The SMILES string of the molecule is CC(N)C1CCN(C(C)c2ccc(O)cc2O)C1. The second kappa shape index (κ2) is 5.16. The minimum Gasteiger partial charge on any atom is -0.508 e. The lowest BCUT2D eigenvalue weighted by atomic mass is 10.0. The summed E-state index contributed by atoms with van der Waals surface area (Å²) in [6, 6.07) is 5.16. The van der Waals surface area contributed by atoms with Crippen molar-refractivity contribution >= 4 is 0 Å². The van der Waals surface area contributed by atoms with Crippen molar-refractivity contribution in [1.29, 1.82) is 0 Å². The molecule has 18 heavy (non-hydrogen) atoms. The first-order valence-corrected chi connectivity index (χ1v) is 6.50. The van der Waals surface area contributed by atoms with Crippen LogP contribution in [0.4, 0.5) is 0 Å². The second-order valence-electron chi connectivity index (χ2n) is 5.32. The molecule has 4 heteroatoms. The Hall–Kier alpha value is -1.26. The van der Waals surface area contributed by atoms with E-state index in [0.29, 0.717) is 5.92 Å². The number of phenols is 2. The summed E-state index contributed by atoms with van der Waals surface area (Å²) in [7, 11) is 0. The number of nitrogens with zero attached hydrogens (tertiary/aromatic N) is 1. The maximum Gasteiger partial charge on any atom is 0.124 e. The molecule has 1 aromatic rings. The Morgan fingerprint density at radius 2 is 2.06 bits per heavy atom. The fourth-order valence-electron chi connectivity index (χ4n) is 2.68. The number of aromatic hydroxyl groups is 2. The van der Waals surface area contributed by atoms with E-state index in [4.69, 9.17) is 5.73 Å². The molecule has 0 bridgehead atoms. The zero-order valence-electron chi connectivity index (χ0n) is 11.0. The van der Waals surface area contributed by atoms with Crippen LogP contribution < -0.4 is 5.73 Å². The van der Waals surface area contributed by atoms with Crippen LogP contribution in [-0.4, -0.2) is 34.2 Å². The van der Waals surface area contributed by atoms with Crippen LogP contribution in [0.3, 0.4) is 0 Å². The monoisotopic (exact) mass is 250 g/mol. The van der Waals surface area contributed by atoms with E-state index in [9.17, 15) is 10.2 Å². The summed E-state index contributed by atoms with van der Waals surface area (Å²) in [5, 5.41) is 19.2. The number of nitrogens with two attached hydrogens (primary N) is 1. The minimum absolute atomic E-state index is 0.0957. The number of phenolic OH excluding ortho intramolecular Hbond substituents is 2. The zero-order valence-corrected chi connectivity index (χ0v) is 11.0. The molecule has 4 nitrogen and oxygen atoms in total. The third-order valence-corrected chi connectivity index (χ3v) is 4.01. The van der Waals surface area contributed by atoms with Crippen LogP contribution in [0.1, 0.15) is 31.9 Å². The lowest BCUT2D eigenvalue weighted by Gasteiger charge is -2.26. The van der Waals surface area contributed by atoms with Crippen molar-refractivity contribution in [3.05, 3.63) is 23.8 Å². The molecule has 0 saturated carbocycles. The minimum atomic E-state index is 0.0957. The predicted octanol–water partition coefficient (Wildman–Crippen LogP) is 1.83. The summed E-state index contributed by atoms with van der Waals surface area (Å²) in [5.74, 6) is 0.789. The molecule has 3 unspecified atom stereocenters. The van der Waals surface area contributed by atoms with Crippen LogP contribution in [0.25, 0.3) is 0 Å². The molecule has 1 aliphatic rings. The Morgan fingerprint density at radius 3 is 2.61 bits per heavy atom. The fraction of sp³-hybridized carbons (Fsp3) is 0.571. The predicted molar refractivity (Wildman–Crippen MR) is 71.5 cm³/mol. The van der Waals surface area contributed by atoms with Gasteiger partial charge in [0.15, 0.2) is 0 Å². The Morgan fingerprint density at radius 1 is 1.33 bits per heavy atom. The molecule has 0 aromatic heterocycles. The van der Waals surface area contributed by atoms with Crippen molar-refractivity contribution < 1.29 is 10.2 Å². The van der Waals surface area contributed by atoms with E-state index in [1.807, 2.05) is 0 Å². The number of hydrogen-bond donors (Lipinski definition) is 3. The number of benzene rings is 1. The van der Waals surface area contributed by atoms with Gasteiger partial charge in [-0.15, -0.1) is 0 Å². The van der Waals surface area contributed by atoms with Crippen molar-refractivity contribution in [2.24, 2.45) is 11.7 Å². The first-order chi connectivity index (χ1) is 8.49. The van der Waals surface area contributed by atoms with Crippen LogP contribution in [0.5, 0.6) is 11.5 Å². The van der Waals surface area contributed by atoms with E-state index in [1.54, 1.807) is 12.1 Å². The molecule has 100 valence electrons. The van der Waals surface area contributed by atoms with Gasteiger partial charge >= 0.3 is 0 Å². The summed E-state index contributed by atoms with van der Waals surface area (Å²) < 4.78 is 0. The third kappa shape index (κ3) is 2.60. The third-order valence-electron chi connectivity index (χ3n) is 4.01. The van der Waals surface area contributed by atoms with Gasteiger partial charge in [0.05, 0.1) is 0 Å². The van der Waals surface area contributed by atoms with E-state index < -0.39 is 0 Å².